The van der Waals surface area contributed by atoms with Gasteiger partial charge < -0.3 is 0 Å². The molecule has 1 aliphatic carbocycles. The van der Waals surface area contributed by atoms with Crippen molar-refractivity contribution in [1.29, 1.82) is 0 Å². The number of ketones is 1. The fraction of sp³-hybridized carbons (Fsp3) is 0.700. The van der Waals surface area contributed by atoms with E-state index >= 15 is 0 Å². The van der Waals surface area contributed by atoms with Crippen LogP contribution in [0.4, 0.5) is 0 Å². The molecule has 0 atom stereocenters. The van der Waals surface area contributed by atoms with E-state index in [0.717, 1.165) is 29.3 Å². The van der Waals surface area contributed by atoms with Crippen LogP contribution in [-0.4, -0.2) is 15.1 Å². The molecule has 1 aliphatic rings. The number of Topliss-reactive ketones (excluding diaryl/α,β-unsaturated/α-hetero) is 1. The van der Waals surface area contributed by atoms with Gasteiger partial charge in [0.05, 0.1) is 0 Å². The predicted molar refractivity (Wildman–Crippen MR) is 47.0 cm³/mol. The molecule has 12 heavy (non-hydrogen) atoms. The average molecular weight is 279 g/mol. The summed E-state index contributed by atoms with van der Waals surface area (Å²) < 4.78 is 1.16. The first-order chi connectivity index (χ1) is 5.84. The molecule has 0 aromatic carbocycles. The number of carbonyl (C=O) groups is 1. The van der Waals surface area contributed by atoms with Crippen molar-refractivity contribution in [1.82, 2.24) is 0 Å². The van der Waals surface area contributed by atoms with Crippen molar-refractivity contribution >= 4 is 5.78 Å². The molecule has 0 radical (unpaired) electrons. The van der Waals surface area contributed by atoms with Gasteiger partial charge in [-0.2, -0.15) is 0 Å². The quantitative estimate of drug-likeness (QED) is 0.485. The monoisotopic (exact) mass is 279 g/mol. The number of alkyl halides is 2. The molecule has 1 rings (SSSR count). The first-order valence-electron chi connectivity index (χ1n) is 4.50. The second-order valence-electron chi connectivity index (χ2n) is 3.10. The van der Waals surface area contributed by atoms with Gasteiger partial charge in [-0.25, -0.2) is 0 Å². The van der Waals surface area contributed by atoms with Crippen molar-refractivity contribution < 1.29 is 26.0 Å². The third-order valence-electron chi connectivity index (χ3n) is 2.16. The Morgan fingerprint density at radius 3 is 3.00 bits per heavy atom. The summed E-state index contributed by atoms with van der Waals surface area (Å²) in [5, 5.41) is 0. The van der Waals surface area contributed by atoms with E-state index in [9.17, 15) is 4.79 Å². The van der Waals surface area contributed by atoms with Crippen molar-refractivity contribution in [3.05, 3.63) is 11.6 Å². The summed E-state index contributed by atoms with van der Waals surface area (Å²) >= 11 is 0.303. The van der Waals surface area contributed by atoms with E-state index in [1.165, 1.54) is 12.8 Å². The standard InChI is InChI=1S/C10H16IO/c1-11-8-7-10(12)9-5-3-2-4-6-9/h5H,2-4,6-8H2,1H3/q-1. The van der Waals surface area contributed by atoms with Crippen LogP contribution in [0.15, 0.2) is 11.6 Å². The molecule has 0 fully saturated rings. The first-order valence-corrected chi connectivity index (χ1v) is 8.19. The molecule has 70 valence electrons. The molecule has 0 N–H and O–H groups in total. The average Bonchev–Trinajstić information content (AvgIpc) is 2.15. The van der Waals surface area contributed by atoms with Gasteiger partial charge in [-0.05, 0) is 0 Å². The van der Waals surface area contributed by atoms with Crippen LogP contribution in [0, 0.1) is 0 Å². The van der Waals surface area contributed by atoms with Gasteiger partial charge in [0.15, 0.2) is 0 Å². The van der Waals surface area contributed by atoms with Crippen molar-refractivity contribution in [3.8, 4) is 0 Å². The minimum atomic E-state index is 0.303. The molecule has 0 saturated carbocycles. The second kappa shape index (κ2) is 5.73. The van der Waals surface area contributed by atoms with Crippen LogP contribution in [0.5, 0.6) is 0 Å². The van der Waals surface area contributed by atoms with Crippen molar-refractivity contribution in [2.75, 3.05) is 9.36 Å². The molecular formula is C10H16IO-. The third kappa shape index (κ3) is 3.25. The van der Waals surface area contributed by atoms with E-state index < -0.39 is 0 Å². The van der Waals surface area contributed by atoms with Crippen LogP contribution >= 0.6 is 0 Å². The van der Waals surface area contributed by atoms with Gasteiger partial charge in [-0.3, -0.25) is 0 Å². The summed E-state index contributed by atoms with van der Waals surface area (Å²) in [6, 6.07) is 0. The molecule has 0 aromatic heterocycles. The zero-order valence-corrected chi connectivity index (χ0v) is 9.76. The molecular weight excluding hydrogens is 263 g/mol. The Bertz CT molecular complexity index is 184. The van der Waals surface area contributed by atoms with Gasteiger partial charge in [-0.15, -0.1) is 0 Å². The Morgan fingerprint density at radius 1 is 1.58 bits per heavy atom. The van der Waals surface area contributed by atoms with Crippen LogP contribution < -0.4 is 21.2 Å². The number of hydrogen-bond acceptors (Lipinski definition) is 1. The summed E-state index contributed by atoms with van der Waals surface area (Å²) in [4.78, 5) is 13.7. The van der Waals surface area contributed by atoms with E-state index in [-0.39, 0.29) is 0 Å². The van der Waals surface area contributed by atoms with Crippen LogP contribution in [0.25, 0.3) is 0 Å². The van der Waals surface area contributed by atoms with E-state index in [1.54, 1.807) is 0 Å². The summed E-state index contributed by atoms with van der Waals surface area (Å²) in [7, 11) is 0. The van der Waals surface area contributed by atoms with Gasteiger partial charge in [-0.1, -0.05) is 0 Å². The summed E-state index contributed by atoms with van der Waals surface area (Å²) in [6.07, 6.45) is 7.63. The number of allylic oxidation sites excluding steroid dienone is 2. The molecule has 0 bridgehead atoms. The fourth-order valence-electron chi connectivity index (χ4n) is 1.43. The summed E-state index contributed by atoms with van der Waals surface area (Å²) in [5.74, 6) is 0.427. The number of carbonyl (C=O) groups excluding carboxylic acids is 1. The first kappa shape index (κ1) is 10.2. The fourth-order valence-corrected chi connectivity index (χ4v) is 2.46. The maximum absolute atomic E-state index is 11.5. The molecule has 1 nitrogen and oxygen atoms in total. The van der Waals surface area contributed by atoms with Crippen molar-refractivity contribution in [3.63, 3.8) is 0 Å². The summed E-state index contributed by atoms with van der Waals surface area (Å²) in [5.41, 5.74) is 1.12. The van der Waals surface area contributed by atoms with E-state index in [4.69, 9.17) is 0 Å². The molecule has 0 amide bonds. The van der Waals surface area contributed by atoms with E-state index in [2.05, 4.69) is 11.0 Å². The zero-order valence-electron chi connectivity index (χ0n) is 7.61. The number of hydrogen-bond donors (Lipinski definition) is 0. The number of rotatable bonds is 4. The normalized spacial score (nSPS) is 17.6. The van der Waals surface area contributed by atoms with Crippen LogP contribution in [0.3, 0.4) is 0 Å². The second-order valence-corrected chi connectivity index (χ2v) is 5.71. The maximum atomic E-state index is 11.5. The molecule has 2 heteroatoms. The van der Waals surface area contributed by atoms with E-state index in [0.29, 0.717) is 27.0 Å². The van der Waals surface area contributed by atoms with Gasteiger partial charge >= 0.3 is 84.9 Å². The van der Waals surface area contributed by atoms with Gasteiger partial charge in [0, 0.05) is 0 Å². The Morgan fingerprint density at radius 2 is 2.42 bits per heavy atom. The zero-order chi connectivity index (χ0) is 8.81. The van der Waals surface area contributed by atoms with Gasteiger partial charge in [0.2, 0.25) is 0 Å². The van der Waals surface area contributed by atoms with Crippen LogP contribution in [0.2, 0.25) is 0 Å². The van der Waals surface area contributed by atoms with Gasteiger partial charge in [0.25, 0.3) is 0 Å². The molecule has 0 aromatic rings. The van der Waals surface area contributed by atoms with E-state index in [1.807, 2.05) is 0 Å². The number of halogens is 1. The summed E-state index contributed by atoms with van der Waals surface area (Å²) in [6.45, 7) is 0. The SMILES string of the molecule is C[I-]CCC(=O)C1=CCCCC1. The van der Waals surface area contributed by atoms with Crippen LogP contribution in [0.1, 0.15) is 32.1 Å². The Labute approximate surface area is 84.9 Å². The van der Waals surface area contributed by atoms with Crippen LogP contribution in [-0.2, 0) is 4.79 Å². The van der Waals surface area contributed by atoms with Gasteiger partial charge in [0.1, 0.15) is 0 Å². The Kier molecular flexibility index (Phi) is 4.88. The molecule has 0 heterocycles. The molecule has 0 unspecified atom stereocenters. The Hall–Kier alpha value is 0.140. The third-order valence-corrected chi connectivity index (χ3v) is 3.78. The van der Waals surface area contributed by atoms with Crippen molar-refractivity contribution in [2.45, 2.75) is 32.1 Å². The molecule has 0 spiro atoms. The Balaban J connectivity index is 2.35. The topological polar surface area (TPSA) is 17.1 Å². The molecule has 0 saturated heterocycles. The van der Waals surface area contributed by atoms with Crippen molar-refractivity contribution in [2.24, 2.45) is 0 Å². The molecule has 0 aliphatic heterocycles. The minimum absolute atomic E-state index is 0.303. The predicted octanol–water partition coefficient (Wildman–Crippen LogP) is -0.835.